The maximum Gasteiger partial charge on any atom is 0.407 e. The van der Waals surface area contributed by atoms with Gasteiger partial charge in [-0.25, -0.2) is 14.6 Å². The van der Waals surface area contributed by atoms with E-state index in [9.17, 15) is 19.5 Å². The van der Waals surface area contributed by atoms with Gasteiger partial charge in [0.25, 0.3) is 0 Å². The van der Waals surface area contributed by atoms with Crippen LogP contribution in [0.15, 0.2) is 77.8 Å². The van der Waals surface area contributed by atoms with Crippen molar-refractivity contribution in [2.24, 2.45) is 5.92 Å². The Morgan fingerprint density at radius 1 is 0.960 bits per heavy atom. The van der Waals surface area contributed by atoms with Crippen LogP contribution in [0.3, 0.4) is 0 Å². The molecule has 0 spiro atoms. The molecule has 50 heavy (non-hydrogen) atoms. The quantitative estimate of drug-likeness (QED) is 0.110. The van der Waals surface area contributed by atoms with Gasteiger partial charge in [-0.3, -0.25) is 9.78 Å². The molecule has 1 aliphatic rings. The number of alkyl carbamates (subject to hydrolysis) is 1. The van der Waals surface area contributed by atoms with Crippen LogP contribution in [0.1, 0.15) is 65.7 Å². The van der Waals surface area contributed by atoms with Gasteiger partial charge in [-0.05, 0) is 49.1 Å². The second-order valence-corrected chi connectivity index (χ2v) is 15.0. The first-order valence-electron chi connectivity index (χ1n) is 17.0. The molecular formula is C37H46N6O5S2. The van der Waals surface area contributed by atoms with E-state index in [-0.39, 0.29) is 25.0 Å². The average molecular weight is 719 g/mol. The lowest BCUT2D eigenvalue weighted by Crippen LogP contribution is -2.57. The molecule has 2 aromatic carbocycles. The third-order valence-corrected chi connectivity index (χ3v) is 10.4. The molecule has 2 heterocycles. The van der Waals surface area contributed by atoms with Crippen LogP contribution >= 0.6 is 22.7 Å². The number of carbonyl (C=O) groups excluding carboxylic acids is 3. The Bertz CT molecular complexity index is 1650. The fraction of sp³-hybridized carbons (Fsp3) is 0.432. The number of aliphatic hydroxyl groups excluding tert-OH is 1. The number of aliphatic hydroxyl groups is 1. The number of hydrogen-bond donors (Lipinski definition) is 4. The van der Waals surface area contributed by atoms with Gasteiger partial charge in [-0.15, -0.1) is 22.7 Å². The topological polar surface area (TPSA) is 146 Å². The Hall–Kier alpha value is -4.33. The van der Waals surface area contributed by atoms with Gasteiger partial charge < -0.3 is 30.7 Å². The van der Waals surface area contributed by atoms with Crippen molar-refractivity contribution in [2.45, 2.75) is 89.3 Å². The lowest BCUT2D eigenvalue weighted by molar-refractivity contribution is -0.125. The van der Waals surface area contributed by atoms with E-state index < -0.39 is 36.2 Å². The molecule has 1 fully saturated rings. The number of nitrogens with zero attached hydrogens (tertiary/aromatic N) is 3. The lowest BCUT2D eigenvalue weighted by Gasteiger charge is -2.31. The molecule has 0 aliphatic heterocycles. The molecule has 4 N–H and O–H groups in total. The number of hydrogen-bond acceptors (Lipinski definition) is 9. The summed E-state index contributed by atoms with van der Waals surface area (Å²) in [4.78, 5) is 51.1. The van der Waals surface area contributed by atoms with E-state index in [0.29, 0.717) is 25.3 Å². The van der Waals surface area contributed by atoms with Gasteiger partial charge in [-0.1, -0.05) is 74.5 Å². The van der Waals surface area contributed by atoms with E-state index >= 15 is 0 Å². The van der Waals surface area contributed by atoms with Crippen molar-refractivity contribution in [1.29, 1.82) is 0 Å². The Kier molecular flexibility index (Phi) is 13.3. The maximum absolute atomic E-state index is 13.9. The molecule has 0 unspecified atom stereocenters. The largest absolute Gasteiger partial charge is 0.444 e. The molecule has 5 rings (SSSR count). The smallest absolute Gasteiger partial charge is 0.407 e. The van der Waals surface area contributed by atoms with Crippen LogP contribution < -0.4 is 16.0 Å². The molecular weight excluding hydrogens is 673 g/mol. The minimum atomic E-state index is -1.05. The first-order valence-corrected chi connectivity index (χ1v) is 18.7. The van der Waals surface area contributed by atoms with Gasteiger partial charge in [0.2, 0.25) is 5.91 Å². The number of urea groups is 1. The van der Waals surface area contributed by atoms with E-state index in [1.807, 2.05) is 79.9 Å². The summed E-state index contributed by atoms with van der Waals surface area (Å²) in [5.41, 5.74) is 4.40. The van der Waals surface area contributed by atoms with Crippen molar-refractivity contribution < 1.29 is 24.2 Å². The van der Waals surface area contributed by atoms with Crippen LogP contribution in [0.25, 0.3) is 0 Å². The number of ether oxygens (including phenoxy) is 1. The van der Waals surface area contributed by atoms with E-state index in [0.717, 1.165) is 26.7 Å². The fourth-order valence-electron chi connectivity index (χ4n) is 5.64. The number of aromatic nitrogens is 2. The zero-order valence-corrected chi connectivity index (χ0v) is 30.3. The van der Waals surface area contributed by atoms with Gasteiger partial charge >= 0.3 is 12.1 Å². The highest BCUT2D eigenvalue weighted by Gasteiger charge is 2.32. The number of thiazole rings is 2. The van der Waals surface area contributed by atoms with Crippen molar-refractivity contribution in [3.63, 3.8) is 0 Å². The summed E-state index contributed by atoms with van der Waals surface area (Å²) in [6.45, 7) is 4.16. The van der Waals surface area contributed by atoms with Crippen molar-refractivity contribution in [2.75, 3.05) is 7.05 Å². The molecule has 0 radical (unpaired) electrons. The Labute approximate surface area is 301 Å². The highest BCUT2D eigenvalue weighted by atomic mass is 32.1. The van der Waals surface area contributed by atoms with Crippen LogP contribution in [0.2, 0.25) is 0 Å². The molecule has 1 aliphatic carbocycles. The van der Waals surface area contributed by atoms with Crippen LogP contribution in [0, 0.1) is 5.92 Å². The molecule has 0 bridgehead atoms. The Morgan fingerprint density at radius 2 is 1.64 bits per heavy atom. The van der Waals surface area contributed by atoms with Crippen molar-refractivity contribution in [3.05, 3.63) is 104 Å². The SMILES string of the molecule is CC(C)[C@H](NC(=O)N(C)Cc1csc(C2CC2)n1)C(=O)N[C@@H](Cc1ccccc1)[C@@H](O)C[C@H](Cc1ccccc1)NC(=O)OCc1cncs1. The van der Waals surface area contributed by atoms with Gasteiger partial charge in [0.05, 0.1) is 39.8 Å². The molecule has 0 saturated heterocycles. The molecule has 4 amide bonds. The van der Waals surface area contributed by atoms with Crippen molar-refractivity contribution in [1.82, 2.24) is 30.8 Å². The van der Waals surface area contributed by atoms with Gasteiger partial charge in [0.1, 0.15) is 12.6 Å². The summed E-state index contributed by atoms with van der Waals surface area (Å²) in [5.74, 6) is -0.0835. The monoisotopic (exact) mass is 718 g/mol. The van der Waals surface area contributed by atoms with E-state index in [2.05, 4.69) is 25.9 Å². The predicted octanol–water partition coefficient (Wildman–Crippen LogP) is 5.66. The summed E-state index contributed by atoms with van der Waals surface area (Å²) < 4.78 is 5.44. The second kappa shape index (κ2) is 18.1. The molecule has 13 heteroatoms. The lowest BCUT2D eigenvalue weighted by atomic mass is 9.93. The average Bonchev–Trinajstić information content (AvgIpc) is 3.61. The molecule has 2 aromatic heterocycles. The summed E-state index contributed by atoms with van der Waals surface area (Å²) in [7, 11) is 1.69. The molecule has 1 saturated carbocycles. The summed E-state index contributed by atoms with van der Waals surface area (Å²) in [6.07, 6.45) is 3.25. The molecule has 266 valence electrons. The summed E-state index contributed by atoms with van der Waals surface area (Å²) >= 11 is 3.02. The van der Waals surface area contributed by atoms with Gasteiger partial charge in [0.15, 0.2) is 0 Å². The first kappa shape index (κ1) is 36.9. The number of benzene rings is 2. The van der Waals surface area contributed by atoms with Crippen LogP contribution in [-0.4, -0.2) is 69.3 Å². The van der Waals surface area contributed by atoms with Gasteiger partial charge in [0, 0.05) is 30.6 Å². The highest BCUT2D eigenvalue weighted by Crippen LogP contribution is 2.41. The molecule has 11 nitrogen and oxygen atoms in total. The van der Waals surface area contributed by atoms with E-state index in [4.69, 9.17) is 4.74 Å². The number of carbonyl (C=O) groups is 3. The van der Waals surface area contributed by atoms with Crippen molar-refractivity contribution in [3.8, 4) is 0 Å². The fourth-order valence-corrected chi connectivity index (χ4v) is 7.12. The first-order chi connectivity index (χ1) is 24.1. The Morgan fingerprint density at radius 3 is 2.26 bits per heavy atom. The van der Waals surface area contributed by atoms with Gasteiger partial charge in [-0.2, -0.15) is 0 Å². The standard InChI is InChI=1S/C37H46N6O5S2/c1-24(2)33(42-36(46)43(3)20-29-22-49-35(39-29)27-14-15-27)34(45)41-31(17-26-12-8-5-9-13-26)32(44)18-28(16-25-10-6-4-7-11-25)40-37(47)48-21-30-19-38-23-50-30/h4-13,19,22-24,27-28,31-33,44H,14-18,20-21H2,1-3H3,(H,40,47)(H,41,45)(H,42,46)/t28-,31-,32-,33-/m0/s1. The van der Waals surface area contributed by atoms with Crippen LogP contribution in [-0.2, 0) is 35.5 Å². The number of rotatable bonds is 17. The number of amides is 4. The molecule has 4 aromatic rings. The van der Waals surface area contributed by atoms with Crippen molar-refractivity contribution >= 4 is 40.7 Å². The highest BCUT2D eigenvalue weighted by molar-refractivity contribution is 7.10. The zero-order valence-electron chi connectivity index (χ0n) is 28.7. The minimum absolute atomic E-state index is 0.0899. The third kappa shape index (κ3) is 11.4. The molecule has 4 atom stereocenters. The minimum Gasteiger partial charge on any atom is -0.444 e. The van der Waals surface area contributed by atoms with E-state index in [1.165, 1.54) is 29.1 Å². The van der Waals surface area contributed by atoms with E-state index in [1.54, 1.807) is 30.1 Å². The third-order valence-electron chi connectivity index (χ3n) is 8.56. The maximum atomic E-state index is 13.9. The Balaban J connectivity index is 1.26. The van der Waals surface area contributed by atoms with Crippen LogP contribution in [0.5, 0.6) is 0 Å². The zero-order chi connectivity index (χ0) is 35.5. The predicted molar refractivity (Wildman–Crippen MR) is 195 cm³/mol. The second-order valence-electron chi connectivity index (χ2n) is 13.2. The van der Waals surface area contributed by atoms with Crippen LogP contribution in [0.4, 0.5) is 9.59 Å². The summed E-state index contributed by atoms with van der Waals surface area (Å²) in [5, 5.41) is 23.7. The summed E-state index contributed by atoms with van der Waals surface area (Å²) in [6, 6.07) is 16.8. The normalized spacial score (nSPS) is 15.1. The number of nitrogens with one attached hydrogen (secondary N) is 3.